The standard InChI is InChI=1S/C16H27N3/c1-3-9-16(17,15-7-5-4-6-8-15)14-19-12-10-18(2)11-13-19/h4-8H,3,9-14,17H2,1-2H3. The van der Waals surface area contributed by atoms with Gasteiger partial charge >= 0.3 is 0 Å². The Morgan fingerprint density at radius 2 is 1.74 bits per heavy atom. The zero-order chi connectivity index (χ0) is 13.7. The van der Waals surface area contributed by atoms with Crippen LogP contribution in [0.5, 0.6) is 0 Å². The first kappa shape index (κ1) is 14.5. The molecular weight excluding hydrogens is 234 g/mol. The van der Waals surface area contributed by atoms with Gasteiger partial charge in [0.2, 0.25) is 0 Å². The van der Waals surface area contributed by atoms with Crippen LogP contribution in [0.25, 0.3) is 0 Å². The van der Waals surface area contributed by atoms with Gasteiger partial charge < -0.3 is 10.6 Å². The molecule has 0 radical (unpaired) electrons. The highest BCUT2D eigenvalue weighted by atomic mass is 15.3. The minimum Gasteiger partial charge on any atom is -0.320 e. The summed E-state index contributed by atoms with van der Waals surface area (Å²) in [6.07, 6.45) is 2.17. The average molecular weight is 261 g/mol. The Morgan fingerprint density at radius 3 is 2.32 bits per heavy atom. The van der Waals surface area contributed by atoms with E-state index in [0.717, 1.165) is 45.6 Å². The molecular formula is C16H27N3. The zero-order valence-corrected chi connectivity index (χ0v) is 12.3. The monoisotopic (exact) mass is 261 g/mol. The summed E-state index contributed by atoms with van der Waals surface area (Å²) >= 11 is 0. The summed E-state index contributed by atoms with van der Waals surface area (Å²) in [5.74, 6) is 0. The van der Waals surface area contributed by atoms with Crippen molar-refractivity contribution in [2.45, 2.75) is 25.3 Å². The fourth-order valence-corrected chi connectivity index (χ4v) is 2.94. The highest BCUT2D eigenvalue weighted by Crippen LogP contribution is 2.25. The minimum absolute atomic E-state index is 0.202. The third kappa shape index (κ3) is 3.78. The van der Waals surface area contributed by atoms with Crippen LogP contribution in [0.2, 0.25) is 0 Å². The summed E-state index contributed by atoms with van der Waals surface area (Å²) in [6, 6.07) is 10.6. The van der Waals surface area contributed by atoms with Crippen molar-refractivity contribution < 1.29 is 0 Å². The number of likely N-dealkylation sites (N-methyl/N-ethyl adjacent to an activating group) is 1. The van der Waals surface area contributed by atoms with Crippen LogP contribution in [-0.4, -0.2) is 49.6 Å². The van der Waals surface area contributed by atoms with Crippen LogP contribution in [0.15, 0.2) is 30.3 Å². The maximum Gasteiger partial charge on any atom is 0.0538 e. The van der Waals surface area contributed by atoms with Crippen molar-refractivity contribution in [2.75, 3.05) is 39.8 Å². The second-order valence-corrected chi connectivity index (χ2v) is 5.85. The van der Waals surface area contributed by atoms with Gasteiger partial charge in [-0.1, -0.05) is 43.7 Å². The second kappa shape index (κ2) is 6.51. The third-order valence-electron chi connectivity index (χ3n) is 4.15. The zero-order valence-electron chi connectivity index (χ0n) is 12.3. The van der Waals surface area contributed by atoms with Crippen molar-refractivity contribution >= 4 is 0 Å². The molecule has 106 valence electrons. The van der Waals surface area contributed by atoms with Crippen molar-refractivity contribution in [2.24, 2.45) is 5.73 Å². The Hall–Kier alpha value is -0.900. The second-order valence-electron chi connectivity index (χ2n) is 5.85. The molecule has 0 amide bonds. The molecule has 1 fully saturated rings. The molecule has 3 heteroatoms. The van der Waals surface area contributed by atoms with E-state index in [1.54, 1.807) is 0 Å². The lowest BCUT2D eigenvalue weighted by molar-refractivity contribution is 0.122. The predicted molar refractivity (Wildman–Crippen MR) is 81.2 cm³/mol. The van der Waals surface area contributed by atoms with Crippen LogP contribution < -0.4 is 5.73 Å². The minimum atomic E-state index is -0.202. The molecule has 19 heavy (non-hydrogen) atoms. The van der Waals surface area contributed by atoms with Crippen molar-refractivity contribution in [3.8, 4) is 0 Å². The summed E-state index contributed by atoms with van der Waals surface area (Å²) in [7, 11) is 2.19. The fraction of sp³-hybridized carbons (Fsp3) is 0.625. The number of benzene rings is 1. The maximum absolute atomic E-state index is 6.74. The largest absolute Gasteiger partial charge is 0.320 e. The van der Waals surface area contributed by atoms with Crippen LogP contribution >= 0.6 is 0 Å². The van der Waals surface area contributed by atoms with E-state index in [1.807, 2.05) is 0 Å². The Bertz CT molecular complexity index is 371. The molecule has 1 aromatic carbocycles. The third-order valence-corrected chi connectivity index (χ3v) is 4.15. The Balaban J connectivity index is 2.07. The molecule has 0 aliphatic carbocycles. The van der Waals surface area contributed by atoms with Gasteiger partial charge in [-0.15, -0.1) is 0 Å². The number of nitrogens with two attached hydrogens (primary N) is 1. The van der Waals surface area contributed by atoms with Gasteiger partial charge in [0.15, 0.2) is 0 Å². The molecule has 0 saturated carbocycles. The summed E-state index contributed by atoms with van der Waals surface area (Å²) in [5, 5.41) is 0. The highest BCUT2D eigenvalue weighted by Gasteiger charge is 2.29. The molecule has 0 bridgehead atoms. The molecule has 1 atom stereocenters. The smallest absolute Gasteiger partial charge is 0.0538 e. The topological polar surface area (TPSA) is 32.5 Å². The Kier molecular flexibility index (Phi) is 4.97. The van der Waals surface area contributed by atoms with Gasteiger partial charge in [-0.2, -0.15) is 0 Å². The van der Waals surface area contributed by atoms with E-state index in [9.17, 15) is 0 Å². The van der Waals surface area contributed by atoms with E-state index in [1.165, 1.54) is 5.56 Å². The molecule has 1 saturated heterocycles. The first-order chi connectivity index (χ1) is 9.14. The van der Waals surface area contributed by atoms with Crippen LogP contribution in [0.3, 0.4) is 0 Å². The van der Waals surface area contributed by atoms with E-state index in [0.29, 0.717) is 0 Å². The quantitative estimate of drug-likeness (QED) is 0.878. The Labute approximate surface area is 117 Å². The number of nitrogens with zero attached hydrogens (tertiary/aromatic N) is 2. The van der Waals surface area contributed by atoms with E-state index < -0.39 is 0 Å². The number of hydrogen-bond acceptors (Lipinski definition) is 3. The van der Waals surface area contributed by atoms with Gasteiger partial charge in [0, 0.05) is 32.7 Å². The lowest BCUT2D eigenvalue weighted by Crippen LogP contribution is -2.53. The molecule has 3 nitrogen and oxygen atoms in total. The molecule has 2 rings (SSSR count). The number of rotatable bonds is 5. The molecule has 1 heterocycles. The van der Waals surface area contributed by atoms with Crippen LogP contribution in [-0.2, 0) is 5.54 Å². The summed E-state index contributed by atoms with van der Waals surface area (Å²) in [4.78, 5) is 4.90. The molecule has 1 aliphatic rings. The van der Waals surface area contributed by atoms with Gasteiger partial charge in [0.1, 0.15) is 0 Å². The van der Waals surface area contributed by atoms with E-state index in [2.05, 4.69) is 54.1 Å². The Morgan fingerprint density at radius 1 is 1.11 bits per heavy atom. The van der Waals surface area contributed by atoms with Crippen molar-refractivity contribution in [1.29, 1.82) is 0 Å². The van der Waals surface area contributed by atoms with E-state index >= 15 is 0 Å². The van der Waals surface area contributed by atoms with Gasteiger partial charge in [-0.05, 0) is 19.0 Å². The summed E-state index contributed by atoms with van der Waals surface area (Å²) < 4.78 is 0. The molecule has 1 aromatic rings. The molecule has 2 N–H and O–H groups in total. The molecule has 0 spiro atoms. The molecule has 0 aromatic heterocycles. The van der Waals surface area contributed by atoms with Gasteiger partial charge in [0.05, 0.1) is 5.54 Å². The maximum atomic E-state index is 6.74. The van der Waals surface area contributed by atoms with Gasteiger partial charge in [-0.25, -0.2) is 0 Å². The SMILES string of the molecule is CCCC(N)(CN1CCN(C)CC1)c1ccccc1. The normalized spacial score (nSPS) is 21.2. The first-order valence-electron chi connectivity index (χ1n) is 7.39. The highest BCUT2D eigenvalue weighted by molar-refractivity contribution is 5.24. The average Bonchev–Trinajstić information content (AvgIpc) is 2.43. The van der Waals surface area contributed by atoms with Crippen molar-refractivity contribution in [3.63, 3.8) is 0 Å². The molecule has 1 unspecified atom stereocenters. The molecule has 1 aliphatic heterocycles. The van der Waals surface area contributed by atoms with E-state index in [4.69, 9.17) is 5.73 Å². The fourth-order valence-electron chi connectivity index (χ4n) is 2.94. The predicted octanol–water partition coefficient (Wildman–Crippen LogP) is 1.89. The number of piperazine rings is 1. The number of hydrogen-bond donors (Lipinski definition) is 1. The van der Waals surface area contributed by atoms with Gasteiger partial charge in [0.25, 0.3) is 0 Å². The van der Waals surface area contributed by atoms with Crippen molar-refractivity contribution in [1.82, 2.24) is 9.80 Å². The summed E-state index contributed by atoms with van der Waals surface area (Å²) in [6.45, 7) is 7.75. The van der Waals surface area contributed by atoms with Crippen LogP contribution in [0.4, 0.5) is 0 Å². The lowest BCUT2D eigenvalue weighted by Gasteiger charge is -2.39. The van der Waals surface area contributed by atoms with Crippen LogP contribution in [0, 0.1) is 0 Å². The lowest BCUT2D eigenvalue weighted by atomic mass is 9.86. The summed E-state index contributed by atoms with van der Waals surface area (Å²) in [5.41, 5.74) is 7.81. The van der Waals surface area contributed by atoms with Gasteiger partial charge in [-0.3, -0.25) is 4.90 Å². The first-order valence-corrected chi connectivity index (χ1v) is 7.39. The van der Waals surface area contributed by atoms with E-state index in [-0.39, 0.29) is 5.54 Å². The van der Waals surface area contributed by atoms with Crippen LogP contribution in [0.1, 0.15) is 25.3 Å². The van der Waals surface area contributed by atoms with Crippen molar-refractivity contribution in [3.05, 3.63) is 35.9 Å².